The van der Waals surface area contributed by atoms with Crippen molar-refractivity contribution < 1.29 is 0 Å². The third-order valence-electron chi connectivity index (χ3n) is 4.78. The first-order valence-electron chi connectivity index (χ1n) is 7.99. The number of hydrogen-bond donors (Lipinski definition) is 0. The first kappa shape index (κ1) is 15.2. The van der Waals surface area contributed by atoms with Gasteiger partial charge in [-0.3, -0.25) is 14.8 Å². The molecule has 2 aromatic heterocycles. The fraction of sp³-hybridized carbons (Fsp3) is 0.529. The molecule has 0 amide bonds. The number of rotatable bonds is 4. The molecule has 1 fully saturated rings. The zero-order valence-electron chi connectivity index (χ0n) is 13.7. The summed E-state index contributed by atoms with van der Waals surface area (Å²) in [5.74, 6) is 1.14. The van der Waals surface area contributed by atoms with E-state index in [0.717, 1.165) is 32.0 Å². The van der Waals surface area contributed by atoms with E-state index in [1.54, 1.807) is 0 Å². The summed E-state index contributed by atoms with van der Waals surface area (Å²) in [4.78, 5) is 13.8. The second kappa shape index (κ2) is 6.58. The molecule has 5 nitrogen and oxygen atoms in total. The van der Waals surface area contributed by atoms with Crippen LogP contribution in [0.3, 0.4) is 0 Å². The molecule has 0 radical (unpaired) electrons. The highest BCUT2D eigenvalue weighted by atomic mass is 15.3. The van der Waals surface area contributed by atoms with Crippen LogP contribution in [0.1, 0.15) is 31.3 Å². The summed E-state index contributed by atoms with van der Waals surface area (Å²) in [6, 6.07) is 5.14. The van der Waals surface area contributed by atoms with Crippen LogP contribution in [0.4, 0.5) is 0 Å². The fourth-order valence-electron chi connectivity index (χ4n) is 3.17. The maximum Gasteiger partial charge on any atom is 0.122 e. The van der Waals surface area contributed by atoms with Gasteiger partial charge in [0.2, 0.25) is 0 Å². The molecule has 2 aromatic rings. The van der Waals surface area contributed by atoms with Crippen molar-refractivity contribution in [2.75, 3.05) is 19.6 Å². The second-order valence-corrected chi connectivity index (χ2v) is 6.23. The Kier molecular flexibility index (Phi) is 4.55. The molecule has 1 aliphatic rings. The van der Waals surface area contributed by atoms with E-state index in [4.69, 9.17) is 0 Å². The van der Waals surface area contributed by atoms with E-state index >= 15 is 0 Å². The number of piperazine rings is 1. The van der Waals surface area contributed by atoms with Gasteiger partial charge in [-0.2, -0.15) is 0 Å². The Labute approximate surface area is 132 Å². The molecule has 22 heavy (non-hydrogen) atoms. The number of aryl methyl sites for hydroxylation is 1. The van der Waals surface area contributed by atoms with Crippen LogP contribution in [-0.2, 0) is 13.6 Å². The molecule has 0 unspecified atom stereocenters. The van der Waals surface area contributed by atoms with Crippen molar-refractivity contribution in [3.8, 4) is 0 Å². The van der Waals surface area contributed by atoms with Gasteiger partial charge < -0.3 is 4.57 Å². The van der Waals surface area contributed by atoms with E-state index in [2.05, 4.69) is 51.3 Å². The van der Waals surface area contributed by atoms with Gasteiger partial charge >= 0.3 is 0 Å². The third-order valence-corrected chi connectivity index (χ3v) is 4.78. The van der Waals surface area contributed by atoms with Crippen LogP contribution in [0.15, 0.2) is 36.9 Å². The van der Waals surface area contributed by atoms with Crippen molar-refractivity contribution in [1.29, 1.82) is 0 Å². The van der Waals surface area contributed by atoms with E-state index in [-0.39, 0.29) is 0 Å². The highest BCUT2D eigenvalue weighted by Gasteiger charge is 2.27. The van der Waals surface area contributed by atoms with Crippen LogP contribution in [0.2, 0.25) is 0 Å². The van der Waals surface area contributed by atoms with Crippen molar-refractivity contribution in [3.05, 3.63) is 48.3 Å². The Hall–Kier alpha value is -1.72. The van der Waals surface area contributed by atoms with Gasteiger partial charge in [0.05, 0.1) is 6.54 Å². The molecule has 118 valence electrons. The number of imidazole rings is 1. The lowest BCUT2D eigenvalue weighted by Crippen LogP contribution is -2.52. The molecule has 0 saturated carbocycles. The smallest absolute Gasteiger partial charge is 0.122 e. The lowest BCUT2D eigenvalue weighted by atomic mass is 10.1. The molecule has 5 heteroatoms. The SMILES string of the molecule is C[C@@H]1CN([C@H](C)c2cccnc2)CCN1Cc1nccn1C. The molecule has 0 spiro atoms. The van der Waals surface area contributed by atoms with E-state index in [1.807, 2.05) is 30.9 Å². The van der Waals surface area contributed by atoms with Gasteiger partial charge in [0.15, 0.2) is 0 Å². The molecular weight excluding hydrogens is 274 g/mol. The molecule has 0 bridgehead atoms. The Morgan fingerprint density at radius 2 is 2.18 bits per heavy atom. The molecule has 1 saturated heterocycles. The fourth-order valence-corrected chi connectivity index (χ4v) is 3.17. The Morgan fingerprint density at radius 3 is 2.82 bits per heavy atom. The molecule has 0 aliphatic carbocycles. The molecule has 1 aliphatic heterocycles. The quantitative estimate of drug-likeness (QED) is 0.866. The summed E-state index contributed by atoms with van der Waals surface area (Å²) in [7, 11) is 2.06. The predicted octanol–water partition coefficient (Wildman–Crippen LogP) is 2.08. The maximum atomic E-state index is 4.45. The predicted molar refractivity (Wildman–Crippen MR) is 87.3 cm³/mol. The standard InChI is InChI=1S/C17H25N5/c1-14-12-22(15(2)16-5-4-6-18-11-16)10-9-21(14)13-17-19-7-8-20(17)3/h4-8,11,14-15H,9-10,12-13H2,1-3H3/t14-,15-/m1/s1. The number of nitrogens with zero attached hydrogens (tertiary/aromatic N) is 5. The van der Waals surface area contributed by atoms with Gasteiger partial charge in [0.25, 0.3) is 0 Å². The Morgan fingerprint density at radius 1 is 1.32 bits per heavy atom. The minimum absolute atomic E-state index is 0.423. The van der Waals surface area contributed by atoms with E-state index in [9.17, 15) is 0 Å². The van der Waals surface area contributed by atoms with Gasteiger partial charge in [0, 0.05) is 63.6 Å². The summed E-state index contributed by atoms with van der Waals surface area (Å²) in [5, 5.41) is 0. The largest absolute Gasteiger partial charge is 0.337 e. The van der Waals surface area contributed by atoms with Crippen molar-refractivity contribution >= 4 is 0 Å². The van der Waals surface area contributed by atoms with E-state index in [0.29, 0.717) is 12.1 Å². The Balaban J connectivity index is 1.61. The van der Waals surface area contributed by atoms with Crippen LogP contribution >= 0.6 is 0 Å². The lowest BCUT2D eigenvalue weighted by molar-refractivity contribution is 0.0526. The van der Waals surface area contributed by atoms with E-state index in [1.165, 1.54) is 5.56 Å². The third kappa shape index (κ3) is 3.20. The number of aromatic nitrogens is 3. The first-order chi connectivity index (χ1) is 10.6. The summed E-state index contributed by atoms with van der Waals surface area (Å²) < 4.78 is 2.11. The van der Waals surface area contributed by atoms with Crippen molar-refractivity contribution in [2.24, 2.45) is 7.05 Å². The highest BCUT2D eigenvalue weighted by molar-refractivity contribution is 5.13. The average Bonchev–Trinajstić information content (AvgIpc) is 2.94. The van der Waals surface area contributed by atoms with Crippen molar-refractivity contribution in [1.82, 2.24) is 24.3 Å². The summed E-state index contributed by atoms with van der Waals surface area (Å²) >= 11 is 0. The molecular formula is C17H25N5. The van der Waals surface area contributed by atoms with Crippen LogP contribution in [0, 0.1) is 0 Å². The lowest BCUT2D eigenvalue weighted by Gasteiger charge is -2.42. The van der Waals surface area contributed by atoms with Crippen LogP contribution < -0.4 is 0 Å². The van der Waals surface area contributed by atoms with Gasteiger partial charge in [0.1, 0.15) is 5.82 Å². The second-order valence-electron chi connectivity index (χ2n) is 6.23. The maximum absolute atomic E-state index is 4.45. The zero-order valence-corrected chi connectivity index (χ0v) is 13.7. The molecule has 3 rings (SSSR count). The minimum Gasteiger partial charge on any atom is -0.337 e. The van der Waals surface area contributed by atoms with Crippen LogP contribution in [-0.4, -0.2) is 50.0 Å². The van der Waals surface area contributed by atoms with Crippen molar-refractivity contribution in [3.63, 3.8) is 0 Å². The van der Waals surface area contributed by atoms with Gasteiger partial charge in [-0.15, -0.1) is 0 Å². The highest BCUT2D eigenvalue weighted by Crippen LogP contribution is 2.23. The van der Waals surface area contributed by atoms with E-state index < -0.39 is 0 Å². The van der Waals surface area contributed by atoms with Crippen LogP contribution in [0.5, 0.6) is 0 Å². The minimum atomic E-state index is 0.423. The number of hydrogen-bond acceptors (Lipinski definition) is 4. The summed E-state index contributed by atoms with van der Waals surface area (Å²) in [5.41, 5.74) is 1.30. The first-order valence-corrected chi connectivity index (χ1v) is 7.99. The van der Waals surface area contributed by atoms with Crippen molar-refractivity contribution in [2.45, 2.75) is 32.5 Å². The molecule has 3 heterocycles. The van der Waals surface area contributed by atoms with Gasteiger partial charge in [-0.1, -0.05) is 6.07 Å². The monoisotopic (exact) mass is 299 g/mol. The number of pyridine rings is 1. The topological polar surface area (TPSA) is 37.2 Å². The summed E-state index contributed by atoms with van der Waals surface area (Å²) in [6.07, 6.45) is 7.71. The summed E-state index contributed by atoms with van der Waals surface area (Å²) in [6.45, 7) is 8.77. The normalized spacial score (nSPS) is 21.9. The molecule has 0 N–H and O–H groups in total. The molecule has 2 atom stereocenters. The zero-order chi connectivity index (χ0) is 15.5. The van der Waals surface area contributed by atoms with Crippen LogP contribution in [0.25, 0.3) is 0 Å². The average molecular weight is 299 g/mol. The van der Waals surface area contributed by atoms with Gasteiger partial charge in [-0.25, -0.2) is 4.98 Å². The molecule has 0 aromatic carbocycles. The Bertz CT molecular complexity index is 594. The van der Waals surface area contributed by atoms with Gasteiger partial charge in [-0.05, 0) is 25.5 Å².